The van der Waals surface area contributed by atoms with E-state index in [4.69, 9.17) is 9.84 Å². The zero-order valence-electron chi connectivity index (χ0n) is 9.50. The van der Waals surface area contributed by atoms with Crippen LogP contribution in [0.1, 0.15) is 33.6 Å². The second-order valence-corrected chi connectivity index (χ2v) is 4.63. The van der Waals surface area contributed by atoms with Gasteiger partial charge in [-0.3, -0.25) is 4.79 Å². The molecule has 0 aromatic carbocycles. The van der Waals surface area contributed by atoms with E-state index in [0.29, 0.717) is 6.61 Å². The number of rotatable bonds is 5. The molecule has 0 aliphatic carbocycles. The molecule has 0 aromatic heterocycles. The average molecular weight is 214 g/mol. The summed E-state index contributed by atoms with van der Waals surface area (Å²) in [5.41, 5.74) is 0.115. The number of carboxylic acid groups (broad SMARTS) is 1. The van der Waals surface area contributed by atoms with E-state index in [2.05, 4.69) is 6.58 Å². The predicted octanol–water partition coefficient (Wildman–Crippen LogP) is 2.00. The quantitative estimate of drug-likeness (QED) is 0.561. The highest BCUT2D eigenvalue weighted by molar-refractivity contribution is 5.88. The molecule has 15 heavy (non-hydrogen) atoms. The van der Waals surface area contributed by atoms with E-state index in [1.54, 1.807) is 0 Å². The minimum absolute atomic E-state index is 0.0938. The molecule has 0 saturated heterocycles. The van der Waals surface area contributed by atoms with E-state index in [0.717, 1.165) is 0 Å². The SMILES string of the molecule is C=C(CCC(=O)O)C(=O)OCC(C)(C)C. The Morgan fingerprint density at radius 1 is 1.27 bits per heavy atom. The van der Waals surface area contributed by atoms with Crippen LogP contribution < -0.4 is 0 Å². The maximum atomic E-state index is 11.3. The molecular weight excluding hydrogens is 196 g/mol. The van der Waals surface area contributed by atoms with Crippen molar-refractivity contribution in [1.29, 1.82) is 0 Å². The average Bonchev–Trinajstić information content (AvgIpc) is 2.08. The van der Waals surface area contributed by atoms with Crippen LogP contribution in [0.5, 0.6) is 0 Å². The maximum absolute atomic E-state index is 11.3. The molecule has 4 nitrogen and oxygen atoms in total. The monoisotopic (exact) mass is 214 g/mol. The van der Waals surface area contributed by atoms with Crippen LogP contribution in [0.4, 0.5) is 0 Å². The van der Waals surface area contributed by atoms with Crippen LogP contribution >= 0.6 is 0 Å². The lowest BCUT2D eigenvalue weighted by atomic mass is 9.99. The first-order valence-corrected chi connectivity index (χ1v) is 4.79. The van der Waals surface area contributed by atoms with Crippen molar-refractivity contribution in [3.05, 3.63) is 12.2 Å². The number of carboxylic acids is 1. The molecule has 86 valence electrons. The zero-order valence-corrected chi connectivity index (χ0v) is 9.50. The summed E-state index contributed by atoms with van der Waals surface area (Å²) in [4.78, 5) is 21.5. The molecule has 0 bridgehead atoms. The standard InChI is InChI=1S/C11H18O4/c1-8(5-6-9(12)13)10(14)15-7-11(2,3)4/h1,5-7H2,2-4H3,(H,12,13). The summed E-state index contributed by atoms with van der Waals surface area (Å²) in [6.45, 7) is 9.63. The molecule has 0 amide bonds. The van der Waals surface area contributed by atoms with Gasteiger partial charge in [-0.1, -0.05) is 27.4 Å². The number of esters is 1. The van der Waals surface area contributed by atoms with Gasteiger partial charge in [-0.15, -0.1) is 0 Å². The molecule has 0 aliphatic heterocycles. The summed E-state index contributed by atoms with van der Waals surface area (Å²) >= 11 is 0. The van der Waals surface area contributed by atoms with Crippen LogP contribution in [0.25, 0.3) is 0 Å². The third-order valence-electron chi connectivity index (χ3n) is 1.57. The van der Waals surface area contributed by atoms with Crippen LogP contribution in [0.15, 0.2) is 12.2 Å². The van der Waals surface area contributed by atoms with Crippen LogP contribution in [-0.4, -0.2) is 23.7 Å². The molecule has 1 N–H and O–H groups in total. The molecule has 0 aliphatic rings. The van der Waals surface area contributed by atoms with Gasteiger partial charge in [-0.05, 0) is 11.8 Å². The van der Waals surface area contributed by atoms with Crippen molar-refractivity contribution >= 4 is 11.9 Å². The Hall–Kier alpha value is -1.32. The van der Waals surface area contributed by atoms with Crippen molar-refractivity contribution in [2.24, 2.45) is 5.41 Å². The van der Waals surface area contributed by atoms with Gasteiger partial charge < -0.3 is 9.84 Å². The Morgan fingerprint density at radius 2 is 1.80 bits per heavy atom. The Bertz CT molecular complexity index is 260. The van der Waals surface area contributed by atoms with Crippen molar-refractivity contribution in [2.75, 3.05) is 6.61 Å². The van der Waals surface area contributed by atoms with E-state index in [1.807, 2.05) is 20.8 Å². The second-order valence-electron chi connectivity index (χ2n) is 4.63. The molecule has 0 saturated carbocycles. The minimum Gasteiger partial charge on any atom is -0.481 e. The van der Waals surface area contributed by atoms with E-state index < -0.39 is 11.9 Å². The van der Waals surface area contributed by atoms with Crippen molar-refractivity contribution in [2.45, 2.75) is 33.6 Å². The van der Waals surface area contributed by atoms with E-state index in [9.17, 15) is 9.59 Å². The fourth-order valence-corrected chi connectivity index (χ4v) is 0.744. The van der Waals surface area contributed by atoms with Gasteiger partial charge in [0.05, 0.1) is 6.61 Å². The molecule has 0 fully saturated rings. The highest BCUT2D eigenvalue weighted by Crippen LogP contribution is 2.14. The summed E-state index contributed by atoms with van der Waals surface area (Å²) in [5, 5.41) is 8.41. The van der Waals surface area contributed by atoms with Gasteiger partial charge in [0, 0.05) is 12.0 Å². The molecule has 0 radical (unpaired) electrons. The normalized spacial score (nSPS) is 10.9. The molecule has 4 heteroatoms. The lowest BCUT2D eigenvalue weighted by molar-refractivity contribution is -0.142. The van der Waals surface area contributed by atoms with Crippen LogP contribution in [0.3, 0.4) is 0 Å². The molecule has 0 heterocycles. The third-order valence-corrected chi connectivity index (χ3v) is 1.57. The number of carbonyl (C=O) groups excluding carboxylic acids is 1. The summed E-state index contributed by atoms with van der Waals surface area (Å²) in [7, 11) is 0. The Labute approximate surface area is 89.9 Å². The first-order chi connectivity index (χ1) is 6.72. The Kier molecular flexibility index (Phi) is 5.05. The summed E-state index contributed by atoms with van der Waals surface area (Å²) in [6, 6.07) is 0. The Morgan fingerprint density at radius 3 is 2.20 bits per heavy atom. The van der Waals surface area contributed by atoms with E-state index in [1.165, 1.54) is 0 Å². The van der Waals surface area contributed by atoms with Gasteiger partial charge in [0.1, 0.15) is 0 Å². The number of ether oxygens (including phenoxy) is 1. The topological polar surface area (TPSA) is 63.6 Å². The van der Waals surface area contributed by atoms with Gasteiger partial charge in [0.25, 0.3) is 0 Å². The largest absolute Gasteiger partial charge is 0.481 e. The maximum Gasteiger partial charge on any atom is 0.333 e. The van der Waals surface area contributed by atoms with Crippen molar-refractivity contribution in [1.82, 2.24) is 0 Å². The van der Waals surface area contributed by atoms with Crippen LogP contribution in [-0.2, 0) is 14.3 Å². The summed E-state index contributed by atoms with van der Waals surface area (Å²) in [5.74, 6) is -1.45. The van der Waals surface area contributed by atoms with Gasteiger partial charge in [-0.25, -0.2) is 4.79 Å². The highest BCUT2D eigenvalue weighted by Gasteiger charge is 2.16. The highest BCUT2D eigenvalue weighted by atomic mass is 16.5. The predicted molar refractivity (Wildman–Crippen MR) is 56.4 cm³/mol. The zero-order chi connectivity index (χ0) is 12.1. The minimum atomic E-state index is -0.945. The van der Waals surface area contributed by atoms with Crippen LogP contribution in [0, 0.1) is 5.41 Å². The van der Waals surface area contributed by atoms with E-state index >= 15 is 0 Å². The molecule has 0 aromatic rings. The number of hydrogen-bond acceptors (Lipinski definition) is 3. The third kappa shape index (κ3) is 7.73. The number of hydrogen-bond donors (Lipinski definition) is 1. The molecule has 0 rings (SSSR count). The molecule has 0 atom stereocenters. The molecular formula is C11H18O4. The van der Waals surface area contributed by atoms with Crippen molar-refractivity contribution in [3.63, 3.8) is 0 Å². The molecule has 0 unspecified atom stereocenters. The van der Waals surface area contributed by atoms with Crippen LogP contribution in [0.2, 0.25) is 0 Å². The summed E-state index contributed by atoms with van der Waals surface area (Å²) < 4.78 is 4.97. The second kappa shape index (κ2) is 5.53. The first kappa shape index (κ1) is 13.7. The van der Waals surface area contributed by atoms with Crippen molar-refractivity contribution in [3.8, 4) is 0 Å². The fraction of sp³-hybridized carbons (Fsp3) is 0.636. The lowest BCUT2D eigenvalue weighted by Gasteiger charge is -2.18. The molecule has 0 spiro atoms. The lowest BCUT2D eigenvalue weighted by Crippen LogP contribution is -2.19. The first-order valence-electron chi connectivity index (χ1n) is 4.79. The van der Waals surface area contributed by atoms with E-state index in [-0.39, 0.29) is 23.8 Å². The summed E-state index contributed by atoms with van der Waals surface area (Å²) in [6.07, 6.45) is 0.0434. The van der Waals surface area contributed by atoms with Gasteiger partial charge in [0.2, 0.25) is 0 Å². The van der Waals surface area contributed by atoms with Gasteiger partial charge >= 0.3 is 11.9 Å². The fourth-order valence-electron chi connectivity index (χ4n) is 0.744. The number of aliphatic carboxylic acids is 1. The van der Waals surface area contributed by atoms with Gasteiger partial charge in [0.15, 0.2) is 0 Å². The van der Waals surface area contributed by atoms with Gasteiger partial charge in [-0.2, -0.15) is 0 Å². The number of carbonyl (C=O) groups is 2. The Balaban J connectivity index is 3.90. The smallest absolute Gasteiger partial charge is 0.333 e. The van der Waals surface area contributed by atoms with Crippen molar-refractivity contribution < 1.29 is 19.4 Å².